The number of sulfone groups is 1. The Morgan fingerprint density at radius 2 is 1.89 bits per heavy atom. The number of nitrogens with one attached hydrogen (secondary N) is 1. The van der Waals surface area contributed by atoms with Crippen molar-refractivity contribution in [3.05, 3.63) is 35.7 Å². The highest BCUT2D eigenvalue weighted by Gasteiger charge is 2.28. The maximum absolute atomic E-state index is 12.6. The maximum atomic E-state index is 12.6. The molecule has 0 aliphatic heterocycles. The van der Waals surface area contributed by atoms with Gasteiger partial charge in [-0.15, -0.1) is 0 Å². The van der Waals surface area contributed by atoms with Crippen molar-refractivity contribution >= 4 is 25.8 Å². The zero-order valence-corrected chi connectivity index (χ0v) is 16.6. The van der Waals surface area contributed by atoms with Gasteiger partial charge in [-0.1, -0.05) is 6.07 Å². The van der Waals surface area contributed by atoms with Crippen LogP contribution in [0.3, 0.4) is 0 Å². The van der Waals surface area contributed by atoms with Crippen molar-refractivity contribution in [3.8, 4) is 5.75 Å². The smallest absolute Gasteiger partial charge is 0.355 e. The molecule has 1 aromatic heterocycles. The van der Waals surface area contributed by atoms with E-state index in [2.05, 4.69) is 9.82 Å². The standard InChI is InChI=1S/C15H19N3O7S2/c1-9(10-5-6-12(26(4,21)22)11(7-10)25-3)17-27(23,24)13-8-16-18(2)14(13)15(19)20/h5-9,17H,1-4H3,(H,19,20). The maximum Gasteiger partial charge on any atom is 0.355 e. The minimum Gasteiger partial charge on any atom is -0.495 e. The summed E-state index contributed by atoms with van der Waals surface area (Å²) in [6.07, 6.45) is 1.98. The third-order valence-corrected chi connectivity index (χ3v) is 6.49. The summed E-state index contributed by atoms with van der Waals surface area (Å²) in [6, 6.07) is 3.39. The molecular weight excluding hydrogens is 398 g/mol. The summed E-state index contributed by atoms with van der Waals surface area (Å²) >= 11 is 0. The Morgan fingerprint density at radius 3 is 2.41 bits per heavy atom. The summed E-state index contributed by atoms with van der Waals surface area (Å²) in [5.74, 6) is -1.35. The van der Waals surface area contributed by atoms with E-state index >= 15 is 0 Å². The van der Waals surface area contributed by atoms with Crippen LogP contribution in [0.1, 0.15) is 29.0 Å². The number of hydrogen-bond donors (Lipinski definition) is 2. The van der Waals surface area contributed by atoms with Crippen LogP contribution in [0.5, 0.6) is 5.75 Å². The van der Waals surface area contributed by atoms with E-state index in [0.717, 1.165) is 17.1 Å². The van der Waals surface area contributed by atoms with Gasteiger partial charge in [0.25, 0.3) is 0 Å². The van der Waals surface area contributed by atoms with Crippen molar-refractivity contribution in [1.29, 1.82) is 0 Å². The number of carboxylic acids is 1. The Bertz CT molecular complexity index is 1090. The number of ether oxygens (including phenoxy) is 1. The number of carboxylic acid groups (broad SMARTS) is 1. The topological polar surface area (TPSA) is 145 Å². The van der Waals surface area contributed by atoms with Gasteiger partial charge in [-0.3, -0.25) is 4.68 Å². The van der Waals surface area contributed by atoms with Gasteiger partial charge in [0.15, 0.2) is 15.5 Å². The average molecular weight is 417 g/mol. The van der Waals surface area contributed by atoms with Gasteiger partial charge in [0, 0.05) is 19.3 Å². The number of hydrogen-bond acceptors (Lipinski definition) is 7. The second kappa shape index (κ2) is 7.29. The molecule has 27 heavy (non-hydrogen) atoms. The molecule has 0 spiro atoms. The van der Waals surface area contributed by atoms with Crippen LogP contribution in [0.25, 0.3) is 0 Å². The monoisotopic (exact) mass is 417 g/mol. The highest BCUT2D eigenvalue weighted by molar-refractivity contribution is 7.90. The van der Waals surface area contributed by atoms with E-state index < -0.39 is 42.5 Å². The number of methoxy groups -OCH3 is 1. The molecule has 0 radical (unpaired) electrons. The largest absolute Gasteiger partial charge is 0.495 e. The quantitative estimate of drug-likeness (QED) is 0.665. The Balaban J connectivity index is 2.40. The van der Waals surface area contributed by atoms with Gasteiger partial charge in [-0.25, -0.2) is 26.4 Å². The minimum atomic E-state index is -4.19. The molecule has 2 N–H and O–H groups in total. The molecule has 148 valence electrons. The van der Waals surface area contributed by atoms with Crippen LogP contribution < -0.4 is 9.46 Å². The molecule has 0 aliphatic carbocycles. The van der Waals surface area contributed by atoms with Crippen LogP contribution in [0.15, 0.2) is 34.2 Å². The Morgan fingerprint density at radius 1 is 1.26 bits per heavy atom. The van der Waals surface area contributed by atoms with E-state index in [9.17, 15) is 26.7 Å². The third-order valence-electron chi connectivity index (χ3n) is 3.82. The molecule has 1 aromatic carbocycles. The predicted molar refractivity (Wildman–Crippen MR) is 95.0 cm³/mol. The van der Waals surface area contributed by atoms with Gasteiger partial charge in [0.2, 0.25) is 10.0 Å². The first-order valence-corrected chi connectivity index (χ1v) is 10.9. The van der Waals surface area contributed by atoms with Gasteiger partial charge in [0.05, 0.1) is 13.3 Å². The number of aromatic nitrogens is 2. The molecule has 0 bridgehead atoms. The zero-order valence-electron chi connectivity index (χ0n) is 15.0. The number of carbonyl (C=O) groups is 1. The summed E-state index contributed by atoms with van der Waals surface area (Å²) in [6.45, 7) is 1.53. The lowest BCUT2D eigenvalue weighted by Crippen LogP contribution is -2.28. The van der Waals surface area contributed by atoms with E-state index in [-0.39, 0.29) is 10.6 Å². The summed E-state index contributed by atoms with van der Waals surface area (Å²) in [5.41, 5.74) is -0.0386. The van der Waals surface area contributed by atoms with Crippen LogP contribution >= 0.6 is 0 Å². The highest BCUT2D eigenvalue weighted by atomic mass is 32.2. The van der Waals surface area contributed by atoms with E-state index in [1.165, 1.54) is 39.3 Å². The molecule has 1 atom stereocenters. The molecule has 0 saturated heterocycles. The fourth-order valence-corrected chi connectivity index (χ4v) is 4.69. The third kappa shape index (κ3) is 4.28. The van der Waals surface area contributed by atoms with Crippen molar-refractivity contribution in [1.82, 2.24) is 14.5 Å². The molecule has 0 fully saturated rings. The lowest BCUT2D eigenvalue weighted by molar-refractivity contribution is 0.0680. The number of sulfonamides is 1. The number of nitrogens with zero attached hydrogens (tertiary/aromatic N) is 2. The molecule has 2 rings (SSSR count). The molecule has 0 aliphatic rings. The van der Waals surface area contributed by atoms with Crippen molar-refractivity contribution in [2.45, 2.75) is 22.8 Å². The zero-order chi connectivity index (χ0) is 20.6. The highest BCUT2D eigenvalue weighted by Crippen LogP contribution is 2.28. The van der Waals surface area contributed by atoms with Crippen LogP contribution in [0.2, 0.25) is 0 Å². The Kier molecular flexibility index (Phi) is 5.63. The normalized spacial score (nSPS) is 13.3. The van der Waals surface area contributed by atoms with E-state index in [0.29, 0.717) is 5.56 Å². The van der Waals surface area contributed by atoms with Gasteiger partial charge in [0.1, 0.15) is 15.5 Å². The number of aryl methyl sites for hydroxylation is 1. The fourth-order valence-electron chi connectivity index (χ4n) is 2.48. The Labute approximate surface area is 156 Å². The fraction of sp³-hybridized carbons (Fsp3) is 0.333. The summed E-state index contributed by atoms with van der Waals surface area (Å²) in [7, 11) is -5.09. The van der Waals surface area contributed by atoms with Gasteiger partial charge in [-0.2, -0.15) is 5.10 Å². The molecule has 0 amide bonds. The molecule has 12 heteroatoms. The molecule has 0 saturated carbocycles. The van der Waals surface area contributed by atoms with Gasteiger partial charge < -0.3 is 9.84 Å². The van der Waals surface area contributed by atoms with Crippen molar-refractivity contribution < 1.29 is 31.5 Å². The molecular formula is C15H19N3O7S2. The van der Waals surface area contributed by atoms with Crippen LogP contribution in [-0.2, 0) is 26.9 Å². The minimum absolute atomic E-state index is 0.0239. The predicted octanol–water partition coefficient (Wildman–Crippen LogP) is 0.570. The van der Waals surface area contributed by atoms with Gasteiger partial charge in [-0.05, 0) is 24.6 Å². The SMILES string of the molecule is COc1cc(C(C)NS(=O)(=O)c2cnn(C)c2C(=O)O)ccc1S(C)(=O)=O. The van der Waals surface area contributed by atoms with E-state index in [1.54, 1.807) is 0 Å². The van der Waals surface area contributed by atoms with Crippen LogP contribution in [0.4, 0.5) is 0 Å². The number of benzene rings is 1. The second-order valence-corrected chi connectivity index (χ2v) is 9.48. The molecule has 1 heterocycles. The first-order valence-electron chi connectivity index (χ1n) is 7.54. The first-order chi connectivity index (χ1) is 12.4. The van der Waals surface area contributed by atoms with Crippen molar-refractivity contribution in [2.24, 2.45) is 7.05 Å². The molecule has 10 nitrogen and oxygen atoms in total. The average Bonchev–Trinajstić information content (AvgIpc) is 2.95. The lowest BCUT2D eigenvalue weighted by atomic mass is 10.1. The Hall–Kier alpha value is -2.44. The number of aromatic carboxylic acids is 1. The summed E-state index contributed by atoms with van der Waals surface area (Å²) < 4.78 is 57.1. The molecule has 1 unspecified atom stereocenters. The van der Waals surface area contributed by atoms with E-state index in [1.807, 2.05) is 0 Å². The second-order valence-electron chi connectivity index (χ2n) is 5.81. The van der Waals surface area contributed by atoms with Gasteiger partial charge >= 0.3 is 5.97 Å². The number of rotatable bonds is 7. The van der Waals surface area contributed by atoms with Crippen molar-refractivity contribution in [2.75, 3.05) is 13.4 Å². The van der Waals surface area contributed by atoms with Crippen molar-refractivity contribution in [3.63, 3.8) is 0 Å². The summed E-state index contributed by atoms with van der Waals surface area (Å²) in [5, 5.41) is 12.9. The lowest BCUT2D eigenvalue weighted by Gasteiger charge is -2.16. The van der Waals surface area contributed by atoms with Crippen LogP contribution in [0, 0.1) is 0 Å². The molecule has 2 aromatic rings. The first kappa shape index (κ1) is 20.9. The van der Waals surface area contributed by atoms with E-state index in [4.69, 9.17) is 4.74 Å². The summed E-state index contributed by atoms with van der Waals surface area (Å²) in [4.78, 5) is 10.8. The van der Waals surface area contributed by atoms with Crippen LogP contribution in [-0.4, -0.2) is 51.1 Å².